The number of carbonyl (C=O) groups excluding carboxylic acids is 1. The number of morpholine rings is 1. The molecule has 98 valence electrons. The minimum Gasteiger partial charge on any atom is -0.363 e. The highest BCUT2D eigenvalue weighted by molar-refractivity contribution is 5.78. The topological polar surface area (TPSA) is 41.6 Å². The van der Waals surface area contributed by atoms with Gasteiger partial charge in [-0.3, -0.25) is 4.79 Å². The molecule has 1 unspecified atom stereocenters. The van der Waals surface area contributed by atoms with Gasteiger partial charge in [-0.2, -0.15) is 0 Å². The van der Waals surface area contributed by atoms with Gasteiger partial charge in [-0.15, -0.1) is 0 Å². The molecule has 0 bridgehead atoms. The van der Waals surface area contributed by atoms with Crippen LogP contribution >= 0.6 is 0 Å². The maximum Gasteiger partial charge on any atom is 0.248 e. The first kappa shape index (κ1) is 12.8. The van der Waals surface area contributed by atoms with Crippen LogP contribution < -0.4 is 5.32 Å². The summed E-state index contributed by atoms with van der Waals surface area (Å²) < 4.78 is 5.88. The molecule has 2 fully saturated rings. The van der Waals surface area contributed by atoms with Crippen LogP contribution in [0.15, 0.2) is 0 Å². The second-order valence-corrected chi connectivity index (χ2v) is 5.74. The van der Waals surface area contributed by atoms with E-state index in [9.17, 15) is 4.79 Å². The molecule has 1 N–H and O–H groups in total. The van der Waals surface area contributed by atoms with Gasteiger partial charge < -0.3 is 15.0 Å². The SMILES string of the molecule is CC(C)N1CC(C)(C2CCNCC2)OCC1=O. The van der Waals surface area contributed by atoms with Crippen LogP contribution in [0, 0.1) is 5.92 Å². The quantitative estimate of drug-likeness (QED) is 0.783. The summed E-state index contributed by atoms with van der Waals surface area (Å²) in [6.07, 6.45) is 2.30. The van der Waals surface area contributed by atoms with Gasteiger partial charge >= 0.3 is 0 Å². The molecule has 1 amide bonds. The summed E-state index contributed by atoms with van der Waals surface area (Å²) in [6, 6.07) is 0.271. The Labute approximate surface area is 104 Å². The number of rotatable bonds is 2. The van der Waals surface area contributed by atoms with Crippen molar-refractivity contribution in [2.75, 3.05) is 26.2 Å². The van der Waals surface area contributed by atoms with Crippen molar-refractivity contribution in [3.8, 4) is 0 Å². The molecule has 0 aromatic rings. The molecule has 2 saturated heterocycles. The Kier molecular flexibility index (Phi) is 3.73. The maximum absolute atomic E-state index is 11.8. The number of piperidine rings is 1. The number of hydrogen-bond donors (Lipinski definition) is 1. The van der Waals surface area contributed by atoms with Crippen molar-refractivity contribution in [1.29, 1.82) is 0 Å². The molecular weight excluding hydrogens is 216 g/mol. The fourth-order valence-corrected chi connectivity index (χ4v) is 2.93. The average molecular weight is 240 g/mol. The molecule has 2 heterocycles. The third-order valence-electron chi connectivity index (χ3n) is 4.16. The number of nitrogens with zero attached hydrogens (tertiary/aromatic N) is 1. The fourth-order valence-electron chi connectivity index (χ4n) is 2.93. The van der Waals surface area contributed by atoms with Gasteiger partial charge in [-0.05, 0) is 52.6 Å². The van der Waals surface area contributed by atoms with Crippen molar-refractivity contribution in [3.63, 3.8) is 0 Å². The molecule has 0 radical (unpaired) electrons. The van der Waals surface area contributed by atoms with Crippen LogP contribution in [-0.2, 0) is 9.53 Å². The molecule has 0 aromatic carbocycles. The predicted molar refractivity (Wildman–Crippen MR) is 66.8 cm³/mol. The van der Waals surface area contributed by atoms with E-state index in [-0.39, 0.29) is 24.2 Å². The molecule has 0 saturated carbocycles. The van der Waals surface area contributed by atoms with Crippen LogP contribution in [0.5, 0.6) is 0 Å². The Balaban J connectivity index is 2.06. The van der Waals surface area contributed by atoms with Crippen LogP contribution in [0.2, 0.25) is 0 Å². The van der Waals surface area contributed by atoms with Gasteiger partial charge in [-0.1, -0.05) is 0 Å². The lowest BCUT2D eigenvalue weighted by atomic mass is 9.80. The third-order valence-corrected chi connectivity index (χ3v) is 4.16. The molecule has 2 aliphatic rings. The Bertz CT molecular complexity index is 287. The van der Waals surface area contributed by atoms with Crippen molar-refractivity contribution in [1.82, 2.24) is 10.2 Å². The first-order valence-corrected chi connectivity index (χ1v) is 6.67. The molecular formula is C13H24N2O2. The minimum absolute atomic E-state index is 0.131. The zero-order chi connectivity index (χ0) is 12.5. The van der Waals surface area contributed by atoms with E-state index in [0.29, 0.717) is 5.92 Å². The third kappa shape index (κ3) is 2.63. The first-order valence-electron chi connectivity index (χ1n) is 6.67. The van der Waals surface area contributed by atoms with Gasteiger partial charge in [0.15, 0.2) is 0 Å². The van der Waals surface area contributed by atoms with Crippen LogP contribution in [0.25, 0.3) is 0 Å². The second-order valence-electron chi connectivity index (χ2n) is 5.74. The Hall–Kier alpha value is -0.610. The molecule has 1 atom stereocenters. The highest BCUT2D eigenvalue weighted by Gasteiger charge is 2.42. The van der Waals surface area contributed by atoms with Gasteiger partial charge in [0.2, 0.25) is 5.91 Å². The van der Waals surface area contributed by atoms with E-state index in [0.717, 1.165) is 32.5 Å². The second kappa shape index (κ2) is 4.94. The summed E-state index contributed by atoms with van der Waals surface area (Å²) in [5, 5.41) is 3.38. The van der Waals surface area contributed by atoms with Crippen molar-refractivity contribution < 1.29 is 9.53 Å². The van der Waals surface area contributed by atoms with E-state index in [1.807, 2.05) is 4.90 Å². The summed E-state index contributed by atoms with van der Waals surface area (Å²) in [7, 11) is 0. The molecule has 0 aliphatic carbocycles. The summed E-state index contributed by atoms with van der Waals surface area (Å²) in [4.78, 5) is 13.8. The smallest absolute Gasteiger partial charge is 0.248 e. The van der Waals surface area contributed by atoms with E-state index in [1.54, 1.807) is 0 Å². The average Bonchev–Trinajstić information content (AvgIpc) is 2.33. The van der Waals surface area contributed by atoms with Crippen LogP contribution in [-0.4, -0.2) is 48.7 Å². The first-order chi connectivity index (χ1) is 8.03. The monoisotopic (exact) mass is 240 g/mol. The highest BCUT2D eigenvalue weighted by atomic mass is 16.5. The van der Waals surface area contributed by atoms with Crippen molar-refractivity contribution in [3.05, 3.63) is 0 Å². The van der Waals surface area contributed by atoms with Gasteiger partial charge in [0, 0.05) is 6.04 Å². The number of ether oxygens (including phenoxy) is 1. The zero-order valence-electron chi connectivity index (χ0n) is 11.2. The predicted octanol–water partition coefficient (Wildman–Crippen LogP) is 1.01. The van der Waals surface area contributed by atoms with Crippen molar-refractivity contribution in [2.24, 2.45) is 5.92 Å². The van der Waals surface area contributed by atoms with Crippen LogP contribution in [0.3, 0.4) is 0 Å². The van der Waals surface area contributed by atoms with Gasteiger partial charge in [0.05, 0.1) is 12.1 Å². The Morgan fingerprint density at radius 3 is 2.65 bits per heavy atom. The number of hydrogen-bond acceptors (Lipinski definition) is 3. The van der Waals surface area contributed by atoms with E-state index in [1.165, 1.54) is 0 Å². The van der Waals surface area contributed by atoms with Crippen LogP contribution in [0.1, 0.15) is 33.6 Å². The Morgan fingerprint density at radius 1 is 1.41 bits per heavy atom. The van der Waals surface area contributed by atoms with E-state index >= 15 is 0 Å². The fraction of sp³-hybridized carbons (Fsp3) is 0.923. The summed E-state index contributed by atoms with van der Waals surface area (Å²) in [5.74, 6) is 0.699. The molecule has 4 nitrogen and oxygen atoms in total. The van der Waals surface area contributed by atoms with Gasteiger partial charge in [-0.25, -0.2) is 0 Å². The zero-order valence-corrected chi connectivity index (χ0v) is 11.2. The van der Waals surface area contributed by atoms with Crippen LogP contribution in [0.4, 0.5) is 0 Å². The number of nitrogens with one attached hydrogen (secondary N) is 1. The lowest BCUT2D eigenvalue weighted by Gasteiger charge is -2.47. The highest BCUT2D eigenvalue weighted by Crippen LogP contribution is 2.33. The summed E-state index contributed by atoms with van der Waals surface area (Å²) in [5.41, 5.74) is -0.153. The largest absolute Gasteiger partial charge is 0.363 e. The molecule has 0 spiro atoms. The maximum atomic E-state index is 11.8. The molecule has 0 aromatic heterocycles. The lowest BCUT2D eigenvalue weighted by molar-refractivity contribution is -0.174. The van der Waals surface area contributed by atoms with Crippen molar-refractivity contribution in [2.45, 2.75) is 45.3 Å². The van der Waals surface area contributed by atoms with Gasteiger partial charge in [0.25, 0.3) is 0 Å². The molecule has 4 heteroatoms. The number of amides is 1. The van der Waals surface area contributed by atoms with Gasteiger partial charge in [0.1, 0.15) is 6.61 Å². The summed E-state index contributed by atoms with van der Waals surface area (Å²) >= 11 is 0. The van der Waals surface area contributed by atoms with Crippen molar-refractivity contribution >= 4 is 5.91 Å². The minimum atomic E-state index is -0.153. The van der Waals surface area contributed by atoms with E-state index in [4.69, 9.17) is 4.74 Å². The van der Waals surface area contributed by atoms with E-state index < -0.39 is 0 Å². The van der Waals surface area contributed by atoms with E-state index in [2.05, 4.69) is 26.1 Å². The summed E-state index contributed by atoms with van der Waals surface area (Å²) in [6.45, 7) is 9.45. The molecule has 2 rings (SSSR count). The molecule has 17 heavy (non-hydrogen) atoms. The number of carbonyl (C=O) groups is 1. The lowest BCUT2D eigenvalue weighted by Crippen LogP contribution is -2.59. The normalized spacial score (nSPS) is 32.2. The molecule has 2 aliphatic heterocycles. The standard InChI is InChI=1S/C13H24N2O2/c1-10(2)15-9-13(3,17-8-12(15)16)11-4-6-14-7-5-11/h10-11,14H,4-9H2,1-3H3. The Morgan fingerprint density at radius 2 is 2.06 bits per heavy atom.